The fraction of sp³-hybridized carbons (Fsp3) is 0.118. The maximum absolute atomic E-state index is 12.2. The predicted molar refractivity (Wildman–Crippen MR) is 90.6 cm³/mol. The summed E-state index contributed by atoms with van der Waals surface area (Å²) in [6.45, 7) is 1.96. The van der Waals surface area contributed by atoms with Gasteiger partial charge in [0.2, 0.25) is 0 Å². The molecule has 1 atom stereocenters. The van der Waals surface area contributed by atoms with Gasteiger partial charge in [-0.25, -0.2) is 9.97 Å². The van der Waals surface area contributed by atoms with Gasteiger partial charge in [-0.2, -0.15) is 0 Å². The van der Waals surface area contributed by atoms with Crippen LogP contribution in [0.25, 0.3) is 22.0 Å². The highest BCUT2D eigenvalue weighted by Gasteiger charge is 2.16. The molecule has 4 rings (SSSR count). The second kappa shape index (κ2) is 5.55. The quantitative estimate of drug-likeness (QED) is 0.579. The highest BCUT2D eigenvalue weighted by molar-refractivity contribution is 7.99. The summed E-state index contributed by atoms with van der Waals surface area (Å²) in [4.78, 5) is 24.0. The number of fused-ring (bicyclic) bond motifs is 2. The molecule has 0 spiro atoms. The van der Waals surface area contributed by atoms with Gasteiger partial charge in [0.25, 0.3) is 10.8 Å². The van der Waals surface area contributed by atoms with Crippen LogP contribution < -0.4 is 5.56 Å². The first-order chi connectivity index (χ1) is 11.2. The molecule has 0 unspecified atom stereocenters. The molecule has 0 aliphatic heterocycles. The molecular weight excluding hydrogens is 310 g/mol. The van der Waals surface area contributed by atoms with E-state index >= 15 is 0 Å². The Morgan fingerprint density at radius 2 is 1.78 bits per heavy atom. The van der Waals surface area contributed by atoms with Crippen molar-refractivity contribution in [1.29, 1.82) is 0 Å². The molecule has 23 heavy (non-hydrogen) atoms. The van der Waals surface area contributed by atoms with Gasteiger partial charge in [-0.05, 0) is 31.2 Å². The van der Waals surface area contributed by atoms with Crippen molar-refractivity contribution in [3.05, 3.63) is 64.7 Å². The van der Waals surface area contributed by atoms with Gasteiger partial charge in [0.05, 0.1) is 16.2 Å². The first-order valence-electron chi connectivity index (χ1n) is 7.22. The van der Waals surface area contributed by atoms with Crippen LogP contribution >= 0.6 is 11.8 Å². The molecular formula is C17H13N3O2S. The molecule has 0 bridgehead atoms. The number of benzene rings is 2. The zero-order valence-corrected chi connectivity index (χ0v) is 13.1. The van der Waals surface area contributed by atoms with Crippen LogP contribution in [0.3, 0.4) is 0 Å². The summed E-state index contributed by atoms with van der Waals surface area (Å²) in [5, 5.41) is 1.07. The molecule has 0 saturated carbocycles. The Kier molecular flexibility index (Phi) is 3.38. The first kappa shape index (κ1) is 14.0. The summed E-state index contributed by atoms with van der Waals surface area (Å²) in [7, 11) is 0. The van der Waals surface area contributed by atoms with Crippen molar-refractivity contribution in [1.82, 2.24) is 15.0 Å². The maximum Gasteiger partial charge on any atom is 0.258 e. The smallest absolute Gasteiger partial charge is 0.258 e. The number of thioether (sulfide) groups is 1. The third-order valence-electron chi connectivity index (χ3n) is 3.57. The molecule has 4 aromatic rings. The Bertz CT molecular complexity index is 1020. The number of aromatic amines is 1. The molecule has 0 fully saturated rings. The van der Waals surface area contributed by atoms with Gasteiger partial charge in [-0.3, -0.25) is 4.79 Å². The van der Waals surface area contributed by atoms with Crippen LogP contribution in [0.5, 0.6) is 0 Å². The maximum atomic E-state index is 12.2. The minimum Gasteiger partial charge on any atom is -0.431 e. The molecule has 5 nitrogen and oxygen atoms in total. The summed E-state index contributed by atoms with van der Waals surface area (Å²) >= 11 is 1.43. The van der Waals surface area contributed by atoms with E-state index in [-0.39, 0.29) is 10.8 Å². The zero-order chi connectivity index (χ0) is 15.8. The van der Waals surface area contributed by atoms with Gasteiger partial charge in [0.1, 0.15) is 11.3 Å². The van der Waals surface area contributed by atoms with E-state index in [1.54, 1.807) is 6.07 Å². The van der Waals surface area contributed by atoms with Crippen LogP contribution in [-0.2, 0) is 0 Å². The molecule has 0 saturated heterocycles. The fourth-order valence-electron chi connectivity index (χ4n) is 2.41. The van der Waals surface area contributed by atoms with Crippen molar-refractivity contribution in [2.75, 3.05) is 0 Å². The number of hydrogen-bond donors (Lipinski definition) is 1. The lowest BCUT2D eigenvalue weighted by Gasteiger charge is -2.08. The van der Waals surface area contributed by atoms with Crippen molar-refractivity contribution in [3.8, 4) is 0 Å². The van der Waals surface area contributed by atoms with Crippen LogP contribution in [0.4, 0.5) is 0 Å². The second-order valence-electron chi connectivity index (χ2n) is 5.18. The number of H-pyrrole nitrogens is 1. The number of nitrogens with zero attached hydrogens (tertiary/aromatic N) is 2. The number of oxazole rings is 1. The number of aromatic nitrogens is 3. The van der Waals surface area contributed by atoms with E-state index in [0.717, 1.165) is 11.1 Å². The van der Waals surface area contributed by atoms with Crippen LogP contribution in [0.1, 0.15) is 18.0 Å². The third kappa shape index (κ3) is 2.61. The molecule has 6 heteroatoms. The molecule has 2 aromatic heterocycles. The molecule has 2 aromatic carbocycles. The molecule has 2 heterocycles. The number of para-hydroxylation sites is 3. The summed E-state index contributed by atoms with van der Waals surface area (Å²) in [5.41, 5.74) is 2.14. The minimum atomic E-state index is -0.129. The Balaban J connectivity index is 1.68. The largest absolute Gasteiger partial charge is 0.431 e. The van der Waals surface area contributed by atoms with Crippen molar-refractivity contribution in [2.45, 2.75) is 17.4 Å². The van der Waals surface area contributed by atoms with Gasteiger partial charge < -0.3 is 9.40 Å². The first-order valence-corrected chi connectivity index (χ1v) is 8.10. The van der Waals surface area contributed by atoms with E-state index in [2.05, 4.69) is 15.0 Å². The van der Waals surface area contributed by atoms with Gasteiger partial charge in [-0.15, -0.1) is 0 Å². The number of rotatable bonds is 3. The third-order valence-corrected chi connectivity index (χ3v) is 4.52. The van der Waals surface area contributed by atoms with E-state index in [1.807, 2.05) is 49.4 Å². The number of hydrogen-bond acceptors (Lipinski definition) is 5. The minimum absolute atomic E-state index is 0.0830. The van der Waals surface area contributed by atoms with E-state index in [1.165, 1.54) is 11.8 Å². The molecule has 0 amide bonds. The lowest BCUT2D eigenvalue weighted by Crippen LogP contribution is -2.12. The van der Waals surface area contributed by atoms with Crippen molar-refractivity contribution in [3.63, 3.8) is 0 Å². The van der Waals surface area contributed by atoms with Gasteiger partial charge >= 0.3 is 0 Å². The highest BCUT2D eigenvalue weighted by Crippen LogP contribution is 2.34. The molecule has 0 aliphatic carbocycles. The van der Waals surface area contributed by atoms with Crippen LogP contribution in [0, 0.1) is 0 Å². The van der Waals surface area contributed by atoms with Crippen molar-refractivity contribution >= 4 is 33.8 Å². The van der Waals surface area contributed by atoms with Gasteiger partial charge in [0, 0.05) is 0 Å². The highest BCUT2D eigenvalue weighted by atomic mass is 32.2. The SMILES string of the molecule is C[C@@H](Sc1nc2ccccc2o1)c1nc2ccccc2c(=O)[nH]1. The van der Waals surface area contributed by atoms with E-state index in [0.29, 0.717) is 22.0 Å². The van der Waals surface area contributed by atoms with Gasteiger partial charge in [-0.1, -0.05) is 36.0 Å². The normalized spacial score (nSPS) is 12.7. The van der Waals surface area contributed by atoms with Crippen molar-refractivity contribution in [2.24, 2.45) is 0 Å². The lowest BCUT2D eigenvalue weighted by molar-refractivity contribution is 0.488. The van der Waals surface area contributed by atoms with E-state index in [4.69, 9.17) is 4.42 Å². The Hall–Kier alpha value is -2.60. The topological polar surface area (TPSA) is 71.8 Å². The molecule has 1 N–H and O–H groups in total. The van der Waals surface area contributed by atoms with Crippen molar-refractivity contribution < 1.29 is 4.42 Å². The average molecular weight is 323 g/mol. The monoisotopic (exact) mass is 323 g/mol. The lowest BCUT2D eigenvalue weighted by atomic mass is 10.2. The van der Waals surface area contributed by atoms with Gasteiger partial charge in [0.15, 0.2) is 5.58 Å². The Labute approximate surface area is 135 Å². The van der Waals surface area contributed by atoms with E-state index < -0.39 is 0 Å². The predicted octanol–water partition coefficient (Wildman–Crippen LogP) is 3.92. The summed E-state index contributed by atoms with van der Waals surface area (Å²) in [5.74, 6) is 0.612. The molecule has 114 valence electrons. The van der Waals surface area contributed by atoms with E-state index in [9.17, 15) is 4.79 Å². The fourth-order valence-corrected chi connectivity index (χ4v) is 3.22. The van der Waals surface area contributed by atoms with Crippen LogP contribution in [-0.4, -0.2) is 15.0 Å². The zero-order valence-electron chi connectivity index (χ0n) is 12.3. The summed E-state index contributed by atoms with van der Waals surface area (Å²) in [6.07, 6.45) is 0. The standard InChI is InChI=1S/C17H13N3O2S/c1-10(23-17-19-13-8-4-5-9-14(13)22-17)15-18-12-7-3-2-6-11(12)16(21)20-15/h2-10H,1H3,(H,18,20,21)/t10-/m1/s1. The second-order valence-corrected chi connectivity index (χ2v) is 6.47. The molecule has 0 radical (unpaired) electrons. The Morgan fingerprint density at radius 1 is 1.04 bits per heavy atom. The average Bonchev–Trinajstić information content (AvgIpc) is 2.97. The summed E-state index contributed by atoms with van der Waals surface area (Å²) < 4.78 is 5.71. The summed E-state index contributed by atoms with van der Waals surface area (Å²) in [6, 6.07) is 14.9. The molecule has 0 aliphatic rings. The van der Waals surface area contributed by atoms with Crippen LogP contribution in [0.2, 0.25) is 0 Å². The number of nitrogens with one attached hydrogen (secondary N) is 1. The Morgan fingerprint density at radius 3 is 2.61 bits per heavy atom. The van der Waals surface area contributed by atoms with Crippen LogP contribution in [0.15, 0.2) is 63.0 Å².